The van der Waals surface area contributed by atoms with Crippen molar-refractivity contribution in [2.45, 2.75) is 31.4 Å². The van der Waals surface area contributed by atoms with Crippen LogP contribution in [0.3, 0.4) is 0 Å². The predicted molar refractivity (Wildman–Crippen MR) is 144 cm³/mol. The quantitative estimate of drug-likeness (QED) is 0.320. The fourth-order valence-electron chi connectivity index (χ4n) is 4.99. The molecule has 3 aromatic carbocycles. The Kier molecular flexibility index (Phi) is 8.20. The van der Waals surface area contributed by atoms with Crippen LogP contribution in [-0.2, 0) is 10.3 Å². The van der Waals surface area contributed by atoms with Gasteiger partial charge in [0, 0.05) is 6.04 Å². The molecule has 2 fully saturated rings. The van der Waals surface area contributed by atoms with Crippen LogP contribution in [0.2, 0.25) is 0 Å². The second kappa shape index (κ2) is 10.7. The summed E-state index contributed by atoms with van der Waals surface area (Å²) in [6.45, 7) is 3.28. The van der Waals surface area contributed by atoms with E-state index in [9.17, 15) is 0 Å². The number of aryl methyl sites for hydroxylation is 1. The Morgan fingerprint density at radius 1 is 0.871 bits per heavy atom. The molecule has 7 heteroatoms. The Morgan fingerprint density at radius 3 is 1.94 bits per heavy atom. The van der Waals surface area contributed by atoms with Crippen molar-refractivity contribution in [3.05, 3.63) is 102 Å². The molecule has 2 nitrogen and oxygen atoms in total. The van der Waals surface area contributed by atoms with E-state index in [4.69, 9.17) is 4.65 Å². The Labute approximate surface area is 210 Å². The zero-order valence-corrected chi connectivity index (χ0v) is 23.3. The molecule has 0 aliphatic carbocycles. The normalized spacial score (nSPS) is 19.5. The summed E-state index contributed by atoms with van der Waals surface area (Å²) in [4.78, 5) is 2.59. The molecule has 0 spiro atoms. The summed E-state index contributed by atoms with van der Waals surface area (Å²) in [7, 11) is -0.702. The first-order valence-corrected chi connectivity index (χ1v) is 20.1. The summed E-state index contributed by atoms with van der Waals surface area (Å²) in [6.07, 6.45) is 2.38. The lowest BCUT2D eigenvalue weighted by atomic mass is 9.70. The van der Waals surface area contributed by atoms with Gasteiger partial charge in [-0.1, -0.05) is 90.5 Å². The van der Waals surface area contributed by atoms with Gasteiger partial charge in [-0.2, -0.15) is 42.2 Å². The maximum Gasteiger partial charge on any atom is 0.542 e. The molecule has 3 aromatic rings. The van der Waals surface area contributed by atoms with Gasteiger partial charge in [0.15, 0.2) is 0 Å². The van der Waals surface area contributed by atoms with Gasteiger partial charge in [0.1, 0.15) is 5.60 Å². The molecular formula is C24H24AlBBr3NO. The first-order chi connectivity index (χ1) is 15.0. The lowest BCUT2D eigenvalue weighted by molar-refractivity contribution is 0.106. The number of fused-ring (bicyclic) bond motifs is 1. The molecule has 0 bridgehead atoms. The summed E-state index contributed by atoms with van der Waals surface area (Å²) < 4.78 is 7.08. The van der Waals surface area contributed by atoms with Gasteiger partial charge < -0.3 is 9.47 Å². The van der Waals surface area contributed by atoms with Gasteiger partial charge in [-0.3, -0.25) is 0 Å². The van der Waals surface area contributed by atoms with E-state index in [2.05, 4.69) is 139 Å². The van der Waals surface area contributed by atoms with Crippen LogP contribution in [-0.4, -0.2) is 33.1 Å². The average molecular weight is 620 g/mol. The molecule has 31 heavy (non-hydrogen) atoms. The minimum atomic E-state index is -0.701. The van der Waals surface area contributed by atoms with E-state index in [1.165, 1.54) is 28.6 Å². The standard InChI is InChI=1S/C24H24BNO.Al.3BrH/c1-19-11-8-9-16-22(19)25-26-18-10-17-23(26)24(27-25,20-12-4-2-5-13-20)21-14-6-3-7-15-21;;;;/h2-9,11-16,23H,10,17-18H2,1H3;;3*1H/q;+3;;;/p-3/t23-;;;;/m0..../s1. The van der Waals surface area contributed by atoms with Gasteiger partial charge in [-0.25, -0.2) is 0 Å². The van der Waals surface area contributed by atoms with Crippen molar-refractivity contribution < 1.29 is 4.65 Å². The molecule has 0 radical (unpaired) electrons. The number of benzene rings is 3. The SMILES string of the molecule is Cc1ccccc1B1OC(c2ccccc2)(c2ccccc2)[C@@H]2CCCN12.[Br][Al]([Br])[Br]. The maximum absolute atomic E-state index is 7.08. The molecular weight excluding hydrogens is 596 g/mol. The summed E-state index contributed by atoms with van der Waals surface area (Å²) in [6, 6.07) is 30.6. The van der Waals surface area contributed by atoms with Crippen molar-refractivity contribution >= 4 is 63.3 Å². The molecule has 158 valence electrons. The second-order valence-corrected chi connectivity index (χ2v) is 27.7. The van der Waals surface area contributed by atoms with Gasteiger partial charge >= 0.3 is 15.7 Å². The van der Waals surface area contributed by atoms with Crippen molar-refractivity contribution in [1.29, 1.82) is 0 Å². The van der Waals surface area contributed by atoms with Crippen LogP contribution in [0.5, 0.6) is 0 Å². The Balaban J connectivity index is 0.000000535. The van der Waals surface area contributed by atoms with Crippen LogP contribution >= 0.6 is 42.2 Å². The summed E-state index contributed by atoms with van der Waals surface area (Å²) in [5, 5.41) is 0. The summed E-state index contributed by atoms with van der Waals surface area (Å²) in [5.74, 6) is 0. The molecule has 0 aromatic heterocycles. The van der Waals surface area contributed by atoms with Crippen LogP contribution in [0.15, 0.2) is 84.9 Å². The van der Waals surface area contributed by atoms with E-state index in [1.54, 1.807) is 0 Å². The number of hydrogen-bond donors (Lipinski definition) is 0. The Morgan fingerprint density at radius 2 is 1.39 bits per heavy atom. The van der Waals surface area contributed by atoms with Crippen LogP contribution in [0, 0.1) is 6.92 Å². The van der Waals surface area contributed by atoms with E-state index in [0.717, 1.165) is 13.0 Å². The van der Waals surface area contributed by atoms with Crippen molar-refractivity contribution in [2.24, 2.45) is 0 Å². The van der Waals surface area contributed by atoms with Crippen molar-refractivity contribution in [3.8, 4) is 0 Å². The summed E-state index contributed by atoms with van der Waals surface area (Å²) in [5.41, 5.74) is 4.67. The lowest BCUT2D eigenvalue weighted by Gasteiger charge is -2.36. The molecule has 0 N–H and O–H groups in total. The third-order valence-electron chi connectivity index (χ3n) is 6.22. The minimum Gasteiger partial charge on any atom is -0.402 e. The molecule has 2 aliphatic rings. The molecule has 0 saturated carbocycles. The summed E-state index contributed by atoms with van der Waals surface area (Å²) >= 11 is 9.73. The highest BCUT2D eigenvalue weighted by Gasteiger charge is 2.59. The van der Waals surface area contributed by atoms with E-state index in [-0.39, 0.29) is 7.05 Å². The van der Waals surface area contributed by atoms with Gasteiger partial charge in [0.05, 0.1) is 0 Å². The van der Waals surface area contributed by atoms with Crippen molar-refractivity contribution in [2.75, 3.05) is 6.54 Å². The molecule has 2 heterocycles. The van der Waals surface area contributed by atoms with E-state index in [1.807, 2.05) is 0 Å². The molecule has 2 saturated heterocycles. The maximum atomic E-state index is 7.08. The third-order valence-corrected chi connectivity index (χ3v) is 6.22. The fourth-order valence-corrected chi connectivity index (χ4v) is 4.99. The van der Waals surface area contributed by atoms with Crippen LogP contribution in [0.4, 0.5) is 0 Å². The minimum absolute atomic E-state index is 0.000822. The predicted octanol–water partition coefficient (Wildman–Crippen LogP) is 6.28. The second-order valence-electron chi connectivity index (χ2n) is 7.94. The number of halogens is 3. The Hall–Kier alpha value is -0.383. The van der Waals surface area contributed by atoms with Gasteiger partial charge in [0.2, 0.25) is 0 Å². The number of hydrogen-bond acceptors (Lipinski definition) is 2. The van der Waals surface area contributed by atoms with Gasteiger partial charge in [0.25, 0.3) is 0 Å². The van der Waals surface area contributed by atoms with E-state index < -0.39 is 14.3 Å². The smallest absolute Gasteiger partial charge is 0.402 e. The van der Waals surface area contributed by atoms with Crippen LogP contribution < -0.4 is 5.46 Å². The van der Waals surface area contributed by atoms with Crippen LogP contribution in [0.25, 0.3) is 0 Å². The van der Waals surface area contributed by atoms with Gasteiger partial charge in [-0.15, -0.1) is 0 Å². The largest absolute Gasteiger partial charge is 0.542 e. The fraction of sp³-hybridized carbons (Fsp3) is 0.250. The molecule has 0 unspecified atom stereocenters. The van der Waals surface area contributed by atoms with Crippen molar-refractivity contribution in [3.63, 3.8) is 0 Å². The van der Waals surface area contributed by atoms with E-state index >= 15 is 0 Å². The first-order valence-electron chi connectivity index (χ1n) is 10.6. The highest BCUT2D eigenvalue weighted by atomic mass is 80.0. The molecule has 2 aliphatic heterocycles. The lowest BCUT2D eigenvalue weighted by Crippen LogP contribution is -2.46. The topological polar surface area (TPSA) is 12.5 Å². The van der Waals surface area contributed by atoms with E-state index in [0.29, 0.717) is 6.04 Å². The highest BCUT2D eigenvalue weighted by molar-refractivity contribution is 9.69. The van der Waals surface area contributed by atoms with Crippen LogP contribution in [0.1, 0.15) is 29.5 Å². The number of rotatable bonds is 3. The zero-order valence-electron chi connectivity index (χ0n) is 17.4. The Bertz CT molecular complexity index is 950. The highest BCUT2D eigenvalue weighted by Crippen LogP contribution is 2.48. The first kappa shape index (κ1) is 23.8. The number of nitrogens with zero attached hydrogens (tertiary/aromatic N) is 1. The van der Waals surface area contributed by atoms with Crippen molar-refractivity contribution in [1.82, 2.24) is 4.81 Å². The molecule has 1 atom stereocenters. The molecule has 5 rings (SSSR count). The average Bonchev–Trinajstić information content (AvgIpc) is 3.38. The third kappa shape index (κ3) is 4.94. The van der Waals surface area contributed by atoms with Gasteiger partial charge in [-0.05, 0) is 42.9 Å². The monoisotopic (exact) mass is 617 g/mol. The zero-order chi connectivity index (χ0) is 21.8. The molecule has 0 amide bonds.